The molecule has 0 aliphatic carbocycles. The van der Waals surface area contributed by atoms with Gasteiger partial charge in [-0.3, -0.25) is 9.59 Å². The molecule has 1 heterocycles. The third kappa shape index (κ3) is 4.56. The standard InChI is InChI=1S/C19H18ClFN2O4/c1-26-17-7-4-13(20)8-15(17)22-19(25)16-10-27-11-18(24)23(16)9-12-2-5-14(21)6-3-12/h2-8,16H,9-11H2,1H3,(H,22,25)/t16-/m0/s1. The third-order valence-electron chi connectivity index (χ3n) is 4.19. The van der Waals surface area contributed by atoms with Crippen LogP contribution in [0.3, 0.4) is 0 Å². The zero-order valence-corrected chi connectivity index (χ0v) is 15.3. The third-order valence-corrected chi connectivity index (χ3v) is 4.42. The molecule has 1 N–H and O–H groups in total. The summed E-state index contributed by atoms with van der Waals surface area (Å²) in [5.41, 5.74) is 1.11. The Bertz CT molecular complexity index is 844. The van der Waals surface area contributed by atoms with Crippen molar-refractivity contribution in [1.29, 1.82) is 0 Å². The summed E-state index contributed by atoms with van der Waals surface area (Å²) in [6.07, 6.45) is 0. The van der Waals surface area contributed by atoms with E-state index < -0.39 is 11.9 Å². The van der Waals surface area contributed by atoms with Gasteiger partial charge in [0.2, 0.25) is 11.8 Å². The molecule has 2 amide bonds. The molecule has 142 valence electrons. The number of halogens is 2. The lowest BCUT2D eigenvalue weighted by atomic mass is 10.1. The molecule has 0 spiro atoms. The van der Waals surface area contributed by atoms with E-state index in [2.05, 4.69) is 5.32 Å². The molecule has 27 heavy (non-hydrogen) atoms. The van der Waals surface area contributed by atoms with Crippen LogP contribution in [0.15, 0.2) is 42.5 Å². The molecule has 1 atom stereocenters. The Kier molecular flexibility index (Phi) is 5.93. The first-order valence-corrected chi connectivity index (χ1v) is 8.62. The van der Waals surface area contributed by atoms with Crippen molar-refractivity contribution in [3.8, 4) is 5.75 Å². The predicted molar refractivity (Wildman–Crippen MR) is 98.2 cm³/mol. The number of ether oxygens (including phenoxy) is 2. The van der Waals surface area contributed by atoms with Crippen molar-refractivity contribution in [3.05, 3.63) is 58.9 Å². The van der Waals surface area contributed by atoms with Crippen LogP contribution in [0, 0.1) is 5.82 Å². The van der Waals surface area contributed by atoms with Crippen molar-refractivity contribution in [2.24, 2.45) is 0 Å². The summed E-state index contributed by atoms with van der Waals surface area (Å²) in [4.78, 5) is 26.5. The summed E-state index contributed by atoms with van der Waals surface area (Å²) in [6.45, 7) is 0.125. The highest BCUT2D eigenvalue weighted by atomic mass is 35.5. The van der Waals surface area contributed by atoms with Crippen molar-refractivity contribution in [1.82, 2.24) is 4.90 Å². The fourth-order valence-corrected chi connectivity index (χ4v) is 2.97. The van der Waals surface area contributed by atoms with Gasteiger partial charge in [-0.15, -0.1) is 0 Å². The van der Waals surface area contributed by atoms with E-state index in [1.807, 2.05) is 0 Å². The minimum Gasteiger partial charge on any atom is -0.495 e. The van der Waals surface area contributed by atoms with Gasteiger partial charge < -0.3 is 19.7 Å². The molecule has 8 heteroatoms. The molecule has 3 rings (SSSR count). The van der Waals surface area contributed by atoms with E-state index >= 15 is 0 Å². The maximum atomic E-state index is 13.1. The Morgan fingerprint density at radius 3 is 2.78 bits per heavy atom. The Labute approximate surface area is 160 Å². The number of hydrogen-bond donors (Lipinski definition) is 1. The molecule has 1 aliphatic rings. The molecule has 2 aromatic rings. The molecular formula is C19H18ClFN2O4. The van der Waals surface area contributed by atoms with Gasteiger partial charge in [-0.25, -0.2) is 4.39 Å². The van der Waals surface area contributed by atoms with Gasteiger partial charge in [-0.2, -0.15) is 0 Å². The summed E-state index contributed by atoms with van der Waals surface area (Å²) in [5.74, 6) is -0.662. The van der Waals surface area contributed by atoms with Gasteiger partial charge in [0, 0.05) is 11.6 Å². The van der Waals surface area contributed by atoms with Crippen LogP contribution in [0.1, 0.15) is 5.56 Å². The minimum absolute atomic E-state index is 0.0572. The second-order valence-corrected chi connectivity index (χ2v) is 6.45. The van der Waals surface area contributed by atoms with Crippen LogP contribution in [0.25, 0.3) is 0 Å². The van der Waals surface area contributed by atoms with E-state index in [9.17, 15) is 14.0 Å². The number of carbonyl (C=O) groups excluding carboxylic acids is 2. The highest BCUT2D eigenvalue weighted by Crippen LogP contribution is 2.28. The summed E-state index contributed by atoms with van der Waals surface area (Å²) in [7, 11) is 1.48. The molecule has 6 nitrogen and oxygen atoms in total. The lowest BCUT2D eigenvalue weighted by Crippen LogP contribution is -2.54. The smallest absolute Gasteiger partial charge is 0.249 e. The lowest BCUT2D eigenvalue weighted by molar-refractivity contribution is -0.154. The van der Waals surface area contributed by atoms with Crippen molar-refractivity contribution in [2.75, 3.05) is 25.6 Å². The SMILES string of the molecule is COc1ccc(Cl)cc1NC(=O)[C@@H]1COCC(=O)N1Cc1ccc(F)cc1. The van der Waals surface area contributed by atoms with E-state index in [4.69, 9.17) is 21.1 Å². The summed E-state index contributed by atoms with van der Waals surface area (Å²) in [5, 5.41) is 3.17. The molecule has 1 aliphatic heterocycles. The predicted octanol–water partition coefficient (Wildman–Crippen LogP) is 2.85. The molecule has 0 radical (unpaired) electrons. The second-order valence-electron chi connectivity index (χ2n) is 6.01. The number of nitrogens with zero attached hydrogens (tertiary/aromatic N) is 1. The van der Waals surface area contributed by atoms with E-state index in [-0.39, 0.29) is 31.5 Å². The zero-order valence-electron chi connectivity index (χ0n) is 14.6. The van der Waals surface area contributed by atoms with E-state index in [1.54, 1.807) is 30.3 Å². The molecule has 0 saturated carbocycles. The van der Waals surface area contributed by atoms with Gasteiger partial charge in [0.1, 0.15) is 24.2 Å². The minimum atomic E-state index is -0.833. The number of hydrogen-bond acceptors (Lipinski definition) is 4. The van der Waals surface area contributed by atoms with Crippen LogP contribution in [0.4, 0.5) is 10.1 Å². The number of anilines is 1. The number of rotatable bonds is 5. The van der Waals surface area contributed by atoms with Crippen LogP contribution in [0.5, 0.6) is 5.75 Å². The Morgan fingerprint density at radius 1 is 1.33 bits per heavy atom. The van der Waals surface area contributed by atoms with E-state index in [0.29, 0.717) is 22.0 Å². The van der Waals surface area contributed by atoms with Crippen molar-refractivity contribution in [3.63, 3.8) is 0 Å². The van der Waals surface area contributed by atoms with Crippen LogP contribution in [-0.2, 0) is 20.9 Å². The summed E-state index contributed by atoms with van der Waals surface area (Å²) < 4.78 is 23.6. The first-order chi connectivity index (χ1) is 13.0. The van der Waals surface area contributed by atoms with Gasteiger partial charge >= 0.3 is 0 Å². The van der Waals surface area contributed by atoms with Gasteiger partial charge in [0.05, 0.1) is 19.4 Å². The summed E-state index contributed by atoms with van der Waals surface area (Å²) in [6, 6.07) is 9.79. The normalized spacial score (nSPS) is 16.9. The van der Waals surface area contributed by atoms with Gasteiger partial charge in [0.25, 0.3) is 0 Å². The number of methoxy groups -OCH3 is 1. The Balaban J connectivity index is 1.79. The van der Waals surface area contributed by atoms with Crippen LogP contribution in [0.2, 0.25) is 5.02 Å². The molecule has 0 aromatic heterocycles. The fraction of sp³-hybridized carbons (Fsp3) is 0.263. The quantitative estimate of drug-likeness (QED) is 0.849. The van der Waals surface area contributed by atoms with Crippen molar-refractivity contribution in [2.45, 2.75) is 12.6 Å². The molecule has 0 bridgehead atoms. The van der Waals surface area contributed by atoms with Gasteiger partial charge in [-0.05, 0) is 35.9 Å². The Morgan fingerprint density at radius 2 is 2.07 bits per heavy atom. The van der Waals surface area contributed by atoms with Gasteiger partial charge in [-0.1, -0.05) is 23.7 Å². The number of amides is 2. The zero-order chi connectivity index (χ0) is 19.4. The average molecular weight is 393 g/mol. The largest absolute Gasteiger partial charge is 0.495 e. The first kappa shape index (κ1) is 19.1. The van der Waals surface area contributed by atoms with E-state index in [0.717, 1.165) is 0 Å². The molecule has 1 saturated heterocycles. The Hall–Kier alpha value is -2.64. The fourth-order valence-electron chi connectivity index (χ4n) is 2.80. The topological polar surface area (TPSA) is 67.9 Å². The molecular weight excluding hydrogens is 375 g/mol. The first-order valence-electron chi connectivity index (χ1n) is 8.24. The number of nitrogens with one attached hydrogen (secondary N) is 1. The monoisotopic (exact) mass is 392 g/mol. The maximum absolute atomic E-state index is 13.1. The highest BCUT2D eigenvalue weighted by Gasteiger charge is 2.34. The van der Waals surface area contributed by atoms with Gasteiger partial charge in [0.15, 0.2) is 0 Å². The number of carbonyl (C=O) groups is 2. The van der Waals surface area contributed by atoms with E-state index in [1.165, 1.54) is 24.1 Å². The molecule has 1 fully saturated rings. The van der Waals surface area contributed by atoms with Crippen LogP contribution in [-0.4, -0.2) is 43.1 Å². The maximum Gasteiger partial charge on any atom is 0.249 e. The lowest BCUT2D eigenvalue weighted by Gasteiger charge is -2.34. The van der Waals surface area contributed by atoms with Crippen LogP contribution < -0.4 is 10.1 Å². The van der Waals surface area contributed by atoms with Crippen molar-refractivity contribution >= 4 is 29.1 Å². The van der Waals surface area contributed by atoms with Crippen LogP contribution >= 0.6 is 11.6 Å². The number of morpholine rings is 1. The average Bonchev–Trinajstić information content (AvgIpc) is 2.65. The molecule has 0 unspecified atom stereocenters. The van der Waals surface area contributed by atoms with Crippen molar-refractivity contribution < 1.29 is 23.5 Å². The number of benzene rings is 2. The molecule has 2 aromatic carbocycles. The highest BCUT2D eigenvalue weighted by molar-refractivity contribution is 6.31. The summed E-state index contributed by atoms with van der Waals surface area (Å²) >= 11 is 5.99. The second kappa shape index (κ2) is 8.37.